The van der Waals surface area contributed by atoms with Crippen LogP contribution in [0.3, 0.4) is 0 Å². The maximum absolute atomic E-state index is 12.7. The highest BCUT2D eigenvalue weighted by molar-refractivity contribution is 6.05. The van der Waals surface area contributed by atoms with Gasteiger partial charge in [0.15, 0.2) is 12.3 Å². The van der Waals surface area contributed by atoms with Crippen LogP contribution in [0, 0.1) is 0 Å². The average molecular weight is 448 g/mol. The summed E-state index contributed by atoms with van der Waals surface area (Å²) in [6.07, 6.45) is 4.08. The molecule has 33 heavy (non-hydrogen) atoms. The van der Waals surface area contributed by atoms with Gasteiger partial charge in [-0.2, -0.15) is 5.10 Å². The minimum absolute atomic E-state index is 0.0585. The molecule has 0 radical (unpaired) electrons. The molecule has 9 heteroatoms. The number of nitrogens with one attached hydrogen (secondary N) is 2. The molecule has 3 aromatic rings. The van der Waals surface area contributed by atoms with Gasteiger partial charge in [-0.25, -0.2) is 9.48 Å². The van der Waals surface area contributed by atoms with Crippen molar-refractivity contribution in [2.75, 3.05) is 11.9 Å². The fourth-order valence-electron chi connectivity index (χ4n) is 3.96. The number of carbonyl (C=O) groups excluding carboxylic acids is 3. The Balaban J connectivity index is 1.43. The summed E-state index contributed by atoms with van der Waals surface area (Å²) < 4.78 is 6.20. The zero-order valence-corrected chi connectivity index (χ0v) is 18.2. The predicted molar refractivity (Wildman–Crippen MR) is 122 cm³/mol. The Morgan fingerprint density at radius 2 is 1.70 bits per heavy atom. The summed E-state index contributed by atoms with van der Waals surface area (Å²) in [5.41, 5.74) is 0.277. The first kappa shape index (κ1) is 22.2. The molecule has 1 saturated carbocycles. The van der Waals surface area contributed by atoms with Crippen LogP contribution in [0.1, 0.15) is 46.5 Å². The smallest absolute Gasteiger partial charge is 0.359 e. The lowest BCUT2D eigenvalue weighted by molar-refractivity contribution is -0.119. The molecule has 170 valence electrons. The number of carbonyl (C=O) groups is 3. The quantitative estimate of drug-likeness (QED) is 0.559. The molecule has 4 rings (SSSR count). The van der Waals surface area contributed by atoms with Gasteiger partial charge in [0, 0.05) is 18.5 Å². The molecule has 2 aromatic carbocycles. The summed E-state index contributed by atoms with van der Waals surface area (Å²) in [7, 11) is 1.44. The average Bonchev–Trinajstić information content (AvgIpc) is 3.33. The van der Waals surface area contributed by atoms with Crippen molar-refractivity contribution in [2.24, 2.45) is 7.05 Å². The number of nitrogens with zero attached hydrogens (tertiary/aromatic N) is 2. The van der Waals surface area contributed by atoms with E-state index >= 15 is 0 Å². The van der Waals surface area contributed by atoms with Crippen LogP contribution in [0.5, 0.6) is 0 Å². The molecule has 1 heterocycles. The fraction of sp³-hybridized carbons (Fsp3) is 0.292. The van der Waals surface area contributed by atoms with Crippen LogP contribution in [-0.4, -0.2) is 40.2 Å². The van der Waals surface area contributed by atoms with E-state index in [0.29, 0.717) is 22.0 Å². The zero-order valence-electron chi connectivity index (χ0n) is 18.2. The second-order valence-corrected chi connectivity index (χ2v) is 7.95. The summed E-state index contributed by atoms with van der Waals surface area (Å²) in [6.45, 7) is -0.573. The summed E-state index contributed by atoms with van der Waals surface area (Å²) in [5.74, 6) is -1.68. The van der Waals surface area contributed by atoms with Crippen LogP contribution >= 0.6 is 0 Å². The molecule has 1 fully saturated rings. The zero-order chi connectivity index (χ0) is 23.4. The van der Waals surface area contributed by atoms with E-state index in [1.807, 2.05) is 0 Å². The van der Waals surface area contributed by atoms with Crippen LogP contribution in [0.4, 0.5) is 5.69 Å². The van der Waals surface area contributed by atoms with E-state index < -0.39 is 18.5 Å². The van der Waals surface area contributed by atoms with Crippen molar-refractivity contribution < 1.29 is 19.1 Å². The highest BCUT2D eigenvalue weighted by Crippen LogP contribution is 2.20. The van der Waals surface area contributed by atoms with Crippen LogP contribution in [0.15, 0.2) is 53.3 Å². The largest absolute Gasteiger partial charge is 0.451 e. The topological polar surface area (TPSA) is 119 Å². The molecule has 0 bridgehead atoms. The summed E-state index contributed by atoms with van der Waals surface area (Å²) in [6, 6.07) is 13.4. The van der Waals surface area contributed by atoms with Crippen molar-refractivity contribution in [3.05, 3.63) is 70.1 Å². The number of rotatable bonds is 6. The molecule has 1 aliphatic rings. The number of hydrogen-bond acceptors (Lipinski definition) is 6. The molecule has 1 aromatic heterocycles. The van der Waals surface area contributed by atoms with E-state index in [9.17, 15) is 19.2 Å². The second-order valence-electron chi connectivity index (χ2n) is 7.95. The lowest BCUT2D eigenvalue weighted by Gasteiger charge is -2.15. The SMILES string of the molecule is Cn1nc(C(=O)OCC(=O)Nc2ccccc2C(=O)NC2CCCC2)c2ccccc2c1=O. The van der Waals surface area contributed by atoms with Crippen LogP contribution in [0.25, 0.3) is 10.8 Å². The Bertz CT molecular complexity index is 1280. The predicted octanol–water partition coefficient (Wildman–Crippen LogP) is 2.40. The maximum Gasteiger partial charge on any atom is 0.359 e. The fourth-order valence-corrected chi connectivity index (χ4v) is 3.96. The minimum atomic E-state index is -0.829. The van der Waals surface area contributed by atoms with E-state index in [1.54, 1.807) is 48.5 Å². The third kappa shape index (κ3) is 4.92. The number of ether oxygens (including phenoxy) is 1. The molecule has 0 atom stereocenters. The summed E-state index contributed by atoms with van der Waals surface area (Å²) in [5, 5.41) is 10.3. The Morgan fingerprint density at radius 3 is 2.45 bits per heavy atom. The molecule has 0 aliphatic heterocycles. The van der Waals surface area contributed by atoms with E-state index in [4.69, 9.17) is 4.74 Å². The van der Waals surface area contributed by atoms with Gasteiger partial charge in [0.05, 0.1) is 16.6 Å². The van der Waals surface area contributed by atoms with Crippen molar-refractivity contribution in [3.63, 3.8) is 0 Å². The highest BCUT2D eigenvalue weighted by Gasteiger charge is 2.21. The monoisotopic (exact) mass is 448 g/mol. The normalized spacial score (nSPS) is 13.6. The van der Waals surface area contributed by atoms with E-state index in [-0.39, 0.29) is 23.2 Å². The van der Waals surface area contributed by atoms with E-state index in [2.05, 4.69) is 15.7 Å². The second kappa shape index (κ2) is 9.64. The van der Waals surface area contributed by atoms with Crippen LogP contribution < -0.4 is 16.2 Å². The Kier molecular flexibility index (Phi) is 6.48. The lowest BCUT2D eigenvalue weighted by atomic mass is 10.1. The van der Waals surface area contributed by atoms with Crippen molar-refractivity contribution in [1.82, 2.24) is 15.1 Å². The number of hydrogen-bond donors (Lipinski definition) is 2. The number of benzene rings is 2. The summed E-state index contributed by atoms with van der Waals surface area (Å²) in [4.78, 5) is 49.9. The van der Waals surface area contributed by atoms with Crippen LogP contribution in [0.2, 0.25) is 0 Å². The number of aromatic nitrogens is 2. The number of esters is 1. The number of aryl methyl sites for hydroxylation is 1. The van der Waals surface area contributed by atoms with Gasteiger partial charge in [-0.15, -0.1) is 0 Å². The molecule has 9 nitrogen and oxygen atoms in total. The Hall–Kier alpha value is -4.01. The van der Waals surface area contributed by atoms with E-state index in [1.165, 1.54) is 7.05 Å². The van der Waals surface area contributed by atoms with Gasteiger partial charge in [0.1, 0.15) is 0 Å². The molecule has 0 saturated heterocycles. The van der Waals surface area contributed by atoms with Gasteiger partial charge in [0.2, 0.25) is 0 Å². The molecular weight excluding hydrogens is 424 g/mol. The van der Waals surface area contributed by atoms with Gasteiger partial charge >= 0.3 is 5.97 Å². The minimum Gasteiger partial charge on any atom is -0.451 e. The molecule has 2 N–H and O–H groups in total. The Labute approximate surface area is 189 Å². The van der Waals surface area contributed by atoms with Gasteiger partial charge in [-0.3, -0.25) is 14.4 Å². The van der Waals surface area contributed by atoms with Crippen molar-refractivity contribution in [3.8, 4) is 0 Å². The van der Waals surface area contributed by atoms with Crippen LogP contribution in [-0.2, 0) is 16.6 Å². The number of anilines is 1. The molecule has 0 spiro atoms. The first-order chi connectivity index (χ1) is 15.9. The number of para-hydroxylation sites is 1. The first-order valence-electron chi connectivity index (χ1n) is 10.8. The van der Waals surface area contributed by atoms with Gasteiger partial charge < -0.3 is 15.4 Å². The van der Waals surface area contributed by atoms with E-state index in [0.717, 1.165) is 30.4 Å². The highest BCUT2D eigenvalue weighted by atomic mass is 16.5. The van der Waals surface area contributed by atoms with Crippen molar-refractivity contribution in [2.45, 2.75) is 31.7 Å². The molecule has 0 unspecified atom stereocenters. The molecular formula is C24H24N4O5. The van der Waals surface area contributed by atoms with Gasteiger partial charge in [-0.05, 0) is 31.0 Å². The van der Waals surface area contributed by atoms with Crippen molar-refractivity contribution in [1.29, 1.82) is 0 Å². The number of fused-ring (bicyclic) bond motifs is 1. The summed E-state index contributed by atoms with van der Waals surface area (Å²) >= 11 is 0. The number of amides is 2. The van der Waals surface area contributed by atoms with Gasteiger partial charge in [0.25, 0.3) is 17.4 Å². The van der Waals surface area contributed by atoms with Crippen molar-refractivity contribution >= 4 is 34.2 Å². The standard InChI is InChI=1S/C24H24N4O5/c1-28-23(31)17-11-5-4-10-16(17)21(27-28)24(32)33-14-20(29)26-19-13-7-6-12-18(19)22(30)25-15-8-2-3-9-15/h4-7,10-13,15H,2-3,8-9,14H2,1H3,(H,25,30)(H,26,29). The lowest BCUT2D eigenvalue weighted by Crippen LogP contribution is -2.33. The van der Waals surface area contributed by atoms with Gasteiger partial charge in [-0.1, -0.05) is 43.2 Å². The molecule has 2 amide bonds. The first-order valence-corrected chi connectivity index (χ1v) is 10.8. The maximum atomic E-state index is 12.7. The third-order valence-electron chi connectivity index (χ3n) is 5.62. The molecule has 1 aliphatic carbocycles. The third-order valence-corrected chi connectivity index (χ3v) is 5.62. The Morgan fingerprint density at radius 1 is 1.03 bits per heavy atom.